The lowest BCUT2D eigenvalue weighted by atomic mass is 9.93. The number of hydrogen-bond donors (Lipinski definition) is 23. The number of aliphatic hydroxyl groups is 20. The van der Waals surface area contributed by atoms with Crippen LogP contribution < -0.4 is 20.1 Å². The smallest absolute Gasteiger partial charge is 0.294 e. The van der Waals surface area contributed by atoms with E-state index in [1.54, 1.807) is 72.1 Å². The molecule has 730 valence electrons. The number of nitrogens with one attached hydrogen (secondary N) is 1. The predicted octanol–water partition coefficient (Wildman–Crippen LogP) is -9.49. The molecule has 22 fully saturated rings. The molecule has 1 unspecified atom stereocenters. The third-order valence-electron chi connectivity index (χ3n) is 25.2. The summed E-state index contributed by atoms with van der Waals surface area (Å²) in [7, 11) is -10.3. The highest BCUT2D eigenvalue weighted by molar-refractivity contribution is 7.89. The fourth-order valence-corrected chi connectivity index (χ4v) is 20.4. The standard InChI is InChI=1S/C81H104N4O44S3/c1-83(33-7-13-37(14-8-33)131(109,110)111)35-11-17-39-42(23-35)115-43-24-36(84(2)34-9-15-38(16-10-34)132(112,113)114)12-18-40(43)52(39)41-5-3-4-6-51(41)130(107,108)85-21-19-32(20-22-85)74(106)82-25-44-67-53(92)60(99)75(116-44)124-68-45(26-86)118-77(62(101)55(68)94)126-70-47(28-88)120-79(64(103)57(70)96)128-72-49(30-90)122-81(66(105)59(72)98)129-73-50(31-91)121-80(65(104)58(73)97)127-71-48(29-89)119-78(63(102)56(71)95)125-69-46(27-87)117-76(123-67)61(100)54(69)93/h3-18,23-24,32,44-50,53-73,75-81,86-105H,19-22,25-31H2,1-2H3,(H2-,82,106,109,110,111,112,113,114)/p+1/t44?,45-,46+,47-,48+,49-,50+,53+,54-,55+,56-,57+,58-,59+,60+,61-,62+,63-,64+,65-,66-,67-,68-,69+,70+,71+,72+,73+,75-,76+,77-,78+,79+,80+,81+/m1/s1. The summed E-state index contributed by atoms with van der Waals surface area (Å²) < 4.78 is 190. The largest absolute Gasteiger partial charge is 0.456 e. The fourth-order valence-electron chi connectivity index (χ4n) is 17.7. The maximum atomic E-state index is 15.5. The van der Waals surface area contributed by atoms with Crippen LogP contribution in [0, 0.1) is 5.92 Å². The van der Waals surface area contributed by atoms with Crippen LogP contribution in [0.4, 0.5) is 17.1 Å². The zero-order valence-corrected chi connectivity index (χ0v) is 72.3. The van der Waals surface area contributed by atoms with Crippen molar-refractivity contribution in [3.63, 3.8) is 0 Å². The molecule has 28 rings (SSSR count). The Morgan fingerprint density at radius 1 is 0.402 bits per heavy atom. The summed E-state index contributed by atoms with van der Waals surface area (Å²) in [6.45, 7) is -8.16. The summed E-state index contributed by atoms with van der Waals surface area (Å²) in [6, 6.07) is 27.0. The van der Waals surface area contributed by atoms with Crippen molar-refractivity contribution in [1.29, 1.82) is 0 Å². The first-order valence-electron chi connectivity index (χ1n) is 41.9. The number of fused-ring (bicyclic) bond motifs is 2. The van der Waals surface area contributed by atoms with Crippen LogP contribution in [0.3, 0.4) is 0 Å². The summed E-state index contributed by atoms with van der Waals surface area (Å²) in [5, 5.41) is 232. The van der Waals surface area contributed by atoms with Crippen LogP contribution in [0.5, 0.6) is 0 Å². The van der Waals surface area contributed by atoms with Crippen molar-refractivity contribution in [3.05, 3.63) is 115 Å². The van der Waals surface area contributed by atoms with Crippen molar-refractivity contribution in [2.75, 3.05) is 78.3 Å². The molecule has 14 bridgehead atoms. The second-order valence-corrected chi connectivity index (χ2v) is 38.0. The third kappa shape index (κ3) is 19.8. The van der Waals surface area contributed by atoms with E-state index in [-0.39, 0.29) is 57.5 Å². The second-order valence-electron chi connectivity index (χ2n) is 33.3. The molecule has 0 spiro atoms. The van der Waals surface area contributed by atoms with E-state index in [2.05, 4.69) is 5.32 Å². The molecule has 1 amide bonds. The van der Waals surface area contributed by atoms with Gasteiger partial charge in [-0.1, -0.05) is 18.2 Å². The van der Waals surface area contributed by atoms with Crippen molar-refractivity contribution in [2.45, 2.75) is 242 Å². The Hall–Kier alpha value is -6.79. The van der Waals surface area contributed by atoms with Gasteiger partial charge in [-0.25, -0.2) is 8.42 Å². The molecule has 22 saturated heterocycles. The number of sulfonamides is 1. The van der Waals surface area contributed by atoms with E-state index in [9.17, 15) is 133 Å². The van der Waals surface area contributed by atoms with Gasteiger partial charge in [0.15, 0.2) is 44.0 Å². The molecule has 4 aromatic carbocycles. The highest BCUT2D eigenvalue weighted by Gasteiger charge is 2.60. The lowest BCUT2D eigenvalue weighted by Crippen LogP contribution is -2.68. The van der Waals surface area contributed by atoms with Crippen molar-refractivity contribution in [2.24, 2.45) is 5.92 Å². The van der Waals surface area contributed by atoms with E-state index in [4.69, 9.17) is 70.7 Å². The molecule has 132 heavy (non-hydrogen) atoms. The van der Waals surface area contributed by atoms with Gasteiger partial charge < -0.3 is 183 Å². The monoisotopic (exact) mass is 1930 g/mol. The van der Waals surface area contributed by atoms with Gasteiger partial charge >= 0.3 is 0 Å². The minimum absolute atomic E-state index is 0.168. The summed E-state index contributed by atoms with van der Waals surface area (Å²) in [4.78, 5) is 15.5. The molecule has 0 aromatic heterocycles. The number of piperidine rings is 1. The summed E-state index contributed by atoms with van der Waals surface area (Å²) >= 11 is 0. The van der Waals surface area contributed by atoms with E-state index >= 15 is 8.42 Å². The molecule has 23 heterocycles. The Kier molecular flexibility index (Phi) is 30.7. The number of benzene rings is 5. The number of ether oxygens (including phenoxy) is 14. The molecule has 23 aliphatic heterocycles. The molecule has 51 heteroatoms. The van der Waals surface area contributed by atoms with Crippen molar-refractivity contribution in [3.8, 4) is 22.5 Å². The number of rotatable bonds is 17. The lowest BCUT2D eigenvalue weighted by molar-refractivity contribution is -0.396. The van der Waals surface area contributed by atoms with Gasteiger partial charge in [0, 0.05) is 90.3 Å². The Labute approximate surface area is 750 Å². The Balaban J connectivity index is 0.699. The summed E-state index contributed by atoms with van der Waals surface area (Å²) in [6.07, 6.45) is -74.7. The Morgan fingerprint density at radius 3 is 1.09 bits per heavy atom. The van der Waals surface area contributed by atoms with E-state index in [0.717, 1.165) is 0 Å². The molecule has 0 saturated carbocycles. The molecule has 4 aromatic rings. The number of hydrogen-bond acceptors (Lipinski definition) is 43. The third-order valence-corrected chi connectivity index (χ3v) is 28.9. The Morgan fingerprint density at radius 2 is 0.735 bits per heavy atom. The van der Waals surface area contributed by atoms with Crippen LogP contribution in [0.2, 0.25) is 0 Å². The second kappa shape index (κ2) is 40.7. The maximum absolute atomic E-state index is 15.5. The van der Waals surface area contributed by atoms with Gasteiger partial charge in [-0.15, -0.1) is 0 Å². The van der Waals surface area contributed by atoms with Crippen LogP contribution in [0.15, 0.2) is 128 Å². The first-order valence-corrected chi connectivity index (χ1v) is 46.2. The number of nitrogens with zero attached hydrogens (tertiary/aromatic N) is 3. The number of anilines is 2. The van der Waals surface area contributed by atoms with Gasteiger partial charge in [-0.3, -0.25) is 13.9 Å². The molecule has 1 aliphatic carbocycles. The first-order chi connectivity index (χ1) is 62.7. The minimum atomic E-state index is -4.57. The van der Waals surface area contributed by atoms with Crippen LogP contribution >= 0.6 is 0 Å². The highest BCUT2D eigenvalue weighted by atomic mass is 32.2. The predicted molar refractivity (Wildman–Crippen MR) is 436 cm³/mol. The van der Waals surface area contributed by atoms with Crippen LogP contribution in [0.25, 0.3) is 33.4 Å². The van der Waals surface area contributed by atoms with E-state index in [1.807, 2.05) is 0 Å². The molecule has 35 atom stereocenters. The highest BCUT2D eigenvalue weighted by Crippen LogP contribution is 2.46. The molecule has 0 radical (unpaired) electrons. The minimum Gasteiger partial charge on any atom is -0.456 e. The lowest BCUT2D eigenvalue weighted by Gasteiger charge is -2.50. The zero-order chi connectivity index (χ0) is 94.9. The van der Waals surface area contributed by atoms with Gasteiger partial charge in [0.05, 0.1) is 60.4 Å². The van der Waals surface area contributed by atoms with Crippen LogP contribution in [0.1, 0.15) is 12.8 Å². The normalized spacial score (nSPS) is 38.8. The topological polar surface area (TPSA) is 728 Å². The summed E-state index contributed by atoms with van der Waals surface area (Å²) in [5.74, 6) is -1.59. The molecule has 23 N–H and O–H groups in total. The maximum Gasteiger partial charge on any atom is 0.294 e. The summed E-state index contributed by atoms with van der Waals surface area (Å²) in [5.41, 5.74) is 2.66. The molecular weight excluding hydrogens is 1830 g/mol. The average molecular weight is 1930 g/mol. The van der Waals surface area contributed by atoms with E-state index in [0.29, 0.717) is 38.9 Å². The fraction of sp³-hybridized carbons (Fsp3) is 0.605. The van der Waals surface area contributed by atoms with Gasteiger partial charge in [-0.2, -0.15) is 25.7 Å². The number of carbonyl (C=O) groups excluding carboxylic acids is 1. The SMILES string of the molecule is CN(c1ccc(S(=O)(=O)O)cc1)c1ccc2c(-c3ccccc3S(=O)(=O)N3CCC(C(=O)NCC4O[C@@H]5O[C@H]6[C@@H](O)[C@H](O)[C@@H](O[C@@H]7[C@@H](O)[C@H](O)[C@H](O[C@@H]8[C@@H](O)[C@@H](O)[C@H](O[C@@H]9[C@H](O)[C@@H](O)[C@H](O[C@@H]%10[C@H](O)[C@@H](O)[C@H](O[C@@H]%11[C@H](O)[C@@H](O)[C@@H](O[C@H]%11CO)O[C@H]4[C@@H](O)[C@@H]5O)O[C@H]%10CO)O[C@H]9CO)O[C@@H]8CO)O[C@@H]7CO)O[C@@H]6CO)CC3)c3ccc(=[N+](C)c4ccc(S(=O)(=O)O)cc4)cc-3oc2c1. The van der Waals surface area contributed by atoms with Crippen molar-refractivity contribution >= 4 is 64.2 Å². The number of carbonyl (C=O) groups is 1. The zero-order valence-electron chi connectivity index (χ0n) is 69.8. The van der Waals surface area contributed by atoms with Crippen LogP contribution in [-0.4, -0.2) is 435 Å². The van der Waals surface area contributed by atoms with Gasteiger partial charge in [0.2, 0.25) is 27.0 Å². The first kappa shape index (κ1) is 99.7. The number of amides is 1. The molecule has 24 aliphatic rings. The van der Waals surface area contributed by atoms with Gasteiger partial charge in [0.25, 0.3) is 20.2 Å². The molecular formula is C81H105N4O44S3+. The number of aliphatic hydroxyl groups excluding tert-OH is 20. The molecule has 48 nitrogen and oxygen atoms in total. The van der Waals surface area contributed by atoms with E-state index in [1.165, 1.54) is 65.0 Å². The van der Waals surface area contributed by atoms with E-state index < -0.39 is 303 Å². The van der Waals surface area contributed by atoms with Crippen LogP contribution in [-0.2, 0) is 101 Å². The average Bonchev–Trinajstić information content (AvgIpc) is 0.730. The van der Waals surface area contributed by atoms with Gasteiger partial charge in [-0.05, 0) is 73.5 Å². The van der Waals surface area contributed by atoms with Crippen molar-refractivity contribution in [1.82, 2.24) is 14.2 Å². The quantitative estimate of drug-likeness (QED) is 0.0229. The van der Waals surface area contributed by atoms with Crippen molar-refractivity contribution < 1.29 is 212 Å². The van der Waals surface area contributed by atoms with Gasteiger partial charge in [0.1, 0.15) is 189 Å². The Bertz CT molecular complexity index is 5360.